The first kappa shape index (κ1) is 36.7. The average molecular weight is 726 g/mol. The number of pyridine rings is 2. The third kappa shape index (κ3) is 6.94. The summed E-state index contributed by atoms with van der Waals surface area (Å²) >= 11 is 1.34. The molecule has 1 aliphatic heterocycles. The first-order chi connectivity index (χ1) is 24.5. The van der Waals surface area contributed by atoms with Gasteiger partial charge in [0.05, 0.1) is 10.9 Å². The summed E-state index contributed by atoms with van der Waals surface area (Å²) in [5.41, 5.74) is 6.72. The van der Waals surface area contributed by atoms with Crippen molar-refractivity contribution in [3.05, 3.63) is 77.8 Å². The van der Waals surface area contributed by atoms with Crippen molar-refractivity contribution < 1.29 is 18.3 Å². The predicted octanol–water partition coefficient (Wildman–Crippen LogP) is 9.61. The molecule has 266 valence electrons. The number of hydrogen-bond donors (Lipinski definition) is 0. The molecular weight excluding hydrogens is 681 g/mol. The lowest BCUT2D eigenvalue weighted by Crippen LogP contribution is -2.49. The maximum absolute atomic E-state index is 17.1. The highest BCUT2D eigenvalue weighted by molar-refractivity contribution is 7.98. The molecule has 4 heterocycles. The topological polar surface area (TPSA) is 73.3 Å². The van der Waals surface area contributed by atoms with E-state index in [1.54, 1.807) is 30.7 Å². The van der Waals surface area contributed by atoms with Gasteiger partial charge in [-0.25, -0.2) is 23.7 Å². The lowest BCUT2D eigenvalue weighted by molar-refractivity contribution is 0.0512. The Bertz CT molecular complexity index is 2100. The molecule has 1 unspecified atom stereocenters. The molecule has 0 amide bonds. The Labute approximate surface area is 304 Å². The summed E-state index contributed by atoms with van der Waals surface area (Å²) in [5.74, 6) is 3.31. The van der Waals surface area contributed by atoms with Gasteiger partial charge < -0.3 is 14.4 Å². The molecule has 0 saturated carbocycles. The van der Waals surface area contributed by atoms with Crippen LogP contribution in [0.1, 0.15) is 59.1 Å². The largest absolute Gasteiger partial charge is 0.468 e. The molecule has 2 aromatic carbocycles. The average Bonchev–Trinajstić information content (AvgIpc) is 3.10. The third-order valence-electron chi connectivity index (χ3n) is 10.4. The predicted molar refractivity (Wildman–Crippen MR) is 206 cm³/mol. The van der Waals surface area contributed by atoms with Gasteiger partial charge in [0.25, 0.3) is 0 Å². The van der Waals surface area contributed by atoms with Crippen molar-refractivity contribution in [2.75, 3.05) is 31.6 Å². The summed E-state index contributed by atoms with van der Waals surface area (Å²) in [4.78, 5) is 20.6. The molecule has 51 heavy (non-hydrogen) atoms. The molecule has 1 atom stereocenters. The second-order valence-corrected chi connectivity index (χ2v) is 20.5. The fourth-order valence-corrected chi connectivity index (χ4v) is 13.3. The van der Waals surface area contributed by atoms with Crippen molar-refractivity contribution in [2.45, 2.75) is 82.2 Å². The number of ether oxygens (including phenoxy) is 2. The van der Waals surface area contributed by atoms with Crippen molar-refractivity contribution >= 4 is 47.3 Å². The Balaban J connectivity index is 1.64. The summed E-state index contributed by atoms with van der Waals surface area (Å²) in [6, 6.07) is 10.8. The first-order valence-corrected chi connectivity index (χ1v) is 20.9. The Kier molecular flexibility index (Phi) is 11.0. The second-order valence-electron chi connectivity index (χ2n) is 14.1. The van der Waals surface area contributed by atoms with Crippen LogP contribution >= 0.6 is 11.8 Å². The van der Waals surface area contributed by atoms with Crippen LogP contribution in [0.5, 0.6) is 5.75 Å². The van der Waals surface area contributed by atoms with E-state index in [4.69, 9.17) is 14.5 Å². The molecule has 7 nitrogen and oxygen atoms in total. The highest BCUT2D eigenvalue weighted by Crippen LogP contribution is 2.43. The van der Waals surface area contributed by atoms with Crippen LogP contribution in [-0.4, -0.2) is 60.8 Å². The minimum Gasteiger partial charge on any atom is -0.468 e. The molecule has 1 fully saturated rings. The Morgan fingerprint density at radius 1 is 1.00 bits per heavy atom. The summed E-state index contributed by atoms with van der Waals surface area (Å²) in [5, 5.41) is 2.11. The van der Waals surface area contributed by atoms with Gasteiger partial charge in [-0.1, -0.05) is 65.3 Å². The van der Waals surface area contributed by atoms with Gasteiger partial charge in [-0.15, -0.1) is 5.54 Å². The number of nitrogens with zero attached hydrogens (tertiary/aromatic N) is 5. The van der Waals surface area contributed by atoms with Crippen LogP contribution in [-0.2, 0) is 11.2 Å². The van der Waals surface area contributed by atoms with Crippen LogP contribution in [0.3, 0.4) is 0 Å². The van der Waals surface area contributed by atoms with Crippen molar-refractivity contribution in [3.8, 4) is 28.5 Å². The van der Waals surface area contributed by atoms with Gasteiger partial charge in [0, 0.05) is 49.2 Å². The lowest BCUT2D eigenvalue weighted by Gasteiger charge is -2.42. The standard InChI is InChI=1S/C40H45F2N5O2SSi/c1-24(2)51(25(3)4,26(5)6)18-14-31-34(41)10-9-28-20-30(49-23-48-7)21-32(35(28)31)37-36(42)38-33(22-44-40(46-38)50-8)39(45-37)47-17-13-29(47)19-27-11-15-43-16-12-27/h9-12,15-16,20-22,24-26,29H,13,17,19,23H2,1-8H3. The fourth-order valence-electron chi connectivity index (χ4n) is 7.78. The van der Waals surface area contributed by atoms with Crippen LogP contribution in [0.15, 0.2) is 60.1 Å². The molecule has 0 spiro atoms. The number of benzene rings is 2. The van der Waals surface area contributed by atoms with E-state index in [2.05, 4.69) is 72.9 Å². The molecule has 5 aromatic rings. The number of methoxy groups -OCH3 is 1. The van der Waals surface area contributed by atoms with Gasteiger partial charge in [0.1, 0.15) is 36.7 Å². The van der Waals surface area contributed by atoms with Crippen molar-refractivity contribution in [1.82, 2.24) is 19.9 Å². The molecule has 6 rings (SSSR count). The first-order valence-electron chi connectivity index (χ1n) is 17.5. The van der Waals surface area contributed by atoms with Crippen molar-refractivity contribution in [2.24, 2.45) is 0 Å². The maximum atomic E-state index is 17.1. The van der Waals surface area contributed by atoms with E-state index in [1.165, 1.54) is 24.9 Å². The third-order valence-corrected chi connectivity index (χ3v) is 17.2. The number of halogens is 2. The normalized spacial score (nSPS) is 14.8. The molecule has 11 heteroatoms. The minimum atomic E-state index is -2.25. The fraction of sp³-hybridized carbons (Fsp3) is 0.400. The van der Waals surface area contributed by atoms with Crippen LogP contribution < -0.4 is 9.64 Å². The molecule has 0 aliphatic carbocycles. The van der Waals surface area contributed by atoms with Crippen LogP contribution in [0, 0.1) is 23.1 Å². The number of hydrogen-bond acceptors (Lipinski definition) is 8. The Hall–Kier alpha value is -4.11. The Morgan fingerprint density at radius 3 is 2.35 bits per heavy atom. The summed E-state index contributed by atoms with van der Waals surface area (Å²) in [6.45, 7) is 14.1. The van der Waals surface area contributed by atoms with Crippen LogP contribution in [0.2, 0.25) is 16.6 Å². The number of rotatable bonds is 11. The van der Waals surface area contributed by atoms with Gasteiger partial charge in [-0.05, 0) is 77.0 Å². The van der Waals surface area contributed by atoms with E-state index >= 15 is 8.78 Å². The quantitative estimate of drug-likeness (QED) is 0.0439. The number of fused-ring (bicyclic) bond motifs is 2. The number of thioether (sulfide) groups is 1. The SMILES string of the molecule is COCOc1cc(-c2nc(N3CCC3Cc3ccncc3)c3cnc(SC)nc3c2F)c2c(C#C[Si](C(C)C)(C(C)C)C(C)C)c(F)ccc2c1. The lowest BCUT2D eigenvalue weighted by atomic mass is 9.94. The highest BCUT2D eigenvalue weighted by atomic mass is 32.2. The van der Waals surface area contributed by atoms with E-state index in [-0.39, 0.29) is 29.6 Å². The molecule has 0 N–H and O–H groups in total. The van der Waals surface area contributed by atoms with E-state index in [0.29, 0.717) is 55.1 Å². The second kappa shape index (κ2) is 15.2. The van der Waals surface area contributed by atoms with Gasteiger partial charge in [0.2, 0.25) is 0 Å². The molecule has 0 radical (unpaired) electrons. The highest BCUT2D eigenvalue weighted by Gasteiger charge is 2.42. The number of aromatic nitrogens is 4. The van der Waals surface area contributed by atoms with Crippen LogP contribution in [0.25, 0.3) is 32.9 Å². The van der Waals surface area contributed by atoms with Gasteiger partial charge in [-0.3, -0.25) is 4.98 Å². The Morgan fingerprint density at radius 2 is 1.73 bits per heavy atom. The van der Waals surface area contributed by atoms with E-state index < -0.39 is 19.7 Å². The minimum absolute atomic E-state index is 0.0161. The molecular formula is C40H45F2N5O2SSi. The summed E-state index contributed by atoms with van der Waals surface area (Å²) in [7, 11) is -0.717. The zero-order chi connectivity index (χ0) is 36.4. The van der Waals surface area contributed by atoms with Gasteiger partial charge >= 0.3 is 0 Å². The molecule has 0 bridgehead atoms. The van der Waals surface area contributed by atoms with E-state index in [9.17, 15) is 0 Å². The molecule has 1 aliphatic rings. The number of anilines is 1. The van der Waals surface area contributed by atoms with E-state index in [0.717, 1.165) is 24.9 Å². The monoisotopic (exact) mass is 725 g/mol. The van der Waals surface area contributed by atoms with Crippen molar-refractivity contribution in [1.29, 1.82) is 0 Å². The zero-order valence-corrected chi connectivity index (χ0v) is 32.4. The zero-order valence-electron chi connectivity index (χ0n) is 30.6. The molecule has 1 saturated heterocycles. The summed E-state index contributed by atoms with van der Waals surface area (Å²) in [6.07, 6.45) is 8.83. The van der Waals surface area contributed by atoms with Gasteiger partial charge in [-0.2, -0.15) is 0 Å². The smallest absolute Gasteiger partial charge is 0.188 e. The molecule has 3 aromatic heterocycles. The van der Waals surface area contributed by atoms with Gasteiger partial charge in [0.15, 0.2) is 17.8 Å². The van der Waals surface area contributed by atoms with Crippen molar-refractivity contribution in [3.63, 3.8) is 0 Å². The summed E-state index contributed by atoms with van der Waals surface area (Å²) < 4.78 is 44.5. The van der Waals surface area contributed by atoms with Crippen LogP contribution in [0.4, 0.5) is 14.6 Å². The maximum Gasteiger partial charge on any atom is 0.188 e. The van der Waals surface area contributed by atoms with E-state index in [1.807, 2.05) is 24.5 Å².